The number of halogens is 1. The molecule has 12 heavy (non-hydrogen) atoms. The number of carbonyl (C=O) groups is 1. The molecule has 0 heterocycles. The number of aliphatic hydroxyl groups excluding tert-OH is 1. The molecule has 0 spiro atoms. The summed E-state index contributed by atoms with van der Waals surface area (Å²) in [5.41, 5.74) is 0.584. The van der Waals surface area contributed by atoms with Crippen molar-refractivity contribution in [1.82, 2.24) is 0 Å². The van der Waals surface area contributed by atoms with E-state index in [0.717, 1.165) is 0 Å². The molecule has 0 saturated heterocycles. The van der Waals surface area contributed by atoms with Crippen molar-refractivity contribution in [1.29, 1.82) is 0 Å². The zero-order chi connectivity index (χ0) is 8.97. The fourth-order valence-electron chi connectivity index (χ4n) is 0.764. The SMILES string of the molecule is O=C/C(O)=C\c1ccc(F)cc1. The van der Waals surface area contributed by atoms with Gasteiger partial charge in [-0.15, -0.1) is 0 Å². The number of hydrogen-bond donors (Lipinski definition) is 1. The molecule has 0 atom stereocenters. The van der Waals surface area contributed by atoms with Crippen molar-refractivity contribution < 1.29 is 14.3 Å². The van der Waals surface area contributed by atoms with Crippen LogP contribution in [0.2, 0.25) is 0 Å². The van der Waals surface area contributed by atoms with E-state index in [2.05, 4.69) is 0 Å². The van der Waals surface area contributed by atoms with Crippen LogP contribution in [0.1, 0.15) is 5.56 Å². The predicted molar refractivity (Wildman–Crippen MR) is 43.1 cm³/mol. The molecule has 3 heteroatoms. The number of rotatable bonds is 2. The van der Waals surface area contributed by atoms with Crippen molar-refractivity contribution in [3.63, 3.8) is 0 Å². The third-order valence-electron chi connectivity index (χ3n) is 1.31. The average molecular weight is 166 g/mol. The lowest BCUT2D eigenvalue weighted by Gasteiger charge is -1.92. The van der Waals surface area contributed by atoms with Crippen LogP contribution in [0, 0.1) is 5.82 Å². The van der Waals surface area contributed by atoms with Gasteiger partial charge in [0.2, 0.25) is 0 Å². The highest BCUT2D eigenvalue weighted by molar-refractivity contribution is 5.78. The molecule has 1 N–H and O–H groups in total. The molecule has 0 aliphatic rings. The van der Waals surface area contributed by atoms with Crippen LogP contribution >= 0.6 is 0 Å². The number of aliphatic hydroxyl groups is 1. The van der Waals surface area contributed by atoms with Crippen LogP contribution in [0.3, 0.4) is 0 Å². The molecule has 0 fully saturated rings. The lowest BCUT2D eigenvalue weighted by Crippen LogP contribution is -1.81. The van der Waals surface area contributed by atoms with E-state index >= 15 is 0 Å². The topological polar surface area (TPSA) is 37.3 Å². The van der Waals surface area contributed by atoms with Crippen molar-refractivity contribution in [3.8, 4) is 0 Å². The summed E-state index contributed by atoms with van der Waals surface area (Å²) in [6.45, 7) is 0. The van der Waals surface area contributed by atoms with Gasteiger partial charge in [-0.05, 0) is 23.8 Å². The van der Waals surface area contributed by atoms with Gasteiger partial charge < -0.3 is 5.11 Å². The highest BCUT2D eigenvalue weighted by atomic mass is 19.1. The Morgan fingerprint density at radius 3 is 2.42 bits per heavy atom. The van der Waals surface area contributed by atoms with E-state index in [9.17, 15) is 9.18 Å². The van der Waals surface area contributed by atoms with Gasteiger partial charge in [-0.25, -0.2) is 4.39 Å². The molecule has 0 saturated carbocycles. The summed E-state index contributed by atoms with van der Waals surface area (Å²) in [6.07, 6.45) is 1.58. The lowest BCUT2D eigenvalue weighted by atomic mass is 10.2. The monoisotopic (exact) mass is 166 g/mol. The van der Waals surface area contributed by atoms with Gasteiger partial charge in [0, 0.05) is 0 Å². The summed E-state index contributed by atoms with van der Waals surface area (Å²) < 4.78 is 12.4. The minimum Gasteiger partial charge on any atom is -0.505 e. The second kappa shape index (κ2) is 3.67. The van der Waals surface area contributed by atoms with E-state index in [1.165, 1.54) is 30.3 Å². The normalized spacial score (nSPS) is 11.2. The molecule has 1 aromatic carbocycles. The van der Waals surface area contributed by atoms with Crippen LogP contribution in [-0.2, 0) is 4.79 Å². The van der Waals surface area contributed by atoms with Crippen LogP contribution in [0.25, 0.3) is 6.08 Å². The third kappa shape index (κ3) is 2.20. The van der Waals surface area contributed by atoms with Crippen LogP contribution in [0.15, 0.2) is 30.0 Å². The van der Waals surface area contributed by atoms with Crippen molar-refractivity contribution in [3.05, 3.63) is 41.4 Å². The highest BCUT2D eigenvalue weighted by Crippen LogP contribution is 2.05. The van der Waals surface area contributed by atoms with Crippen molar-refractivity contribution in [2.75, 3.05) is 0 Å². The van der Waals surface area contributed by atoms with Gasteiger partial charge in [0.15, 0.2) is 12.0 Å². The van der Waals surface area contributed by atoms with Gasteiger partial charge in [-0.3, -0.25) is 4.79 Å². The standard InChI is InChI=1S/C9H7FO2/c10-8-3-1-7(2-4-8)5-9(12)6-11/h1-6,12H/b9-5+. The minimum atomic E-state index is -0.374. The van der Waals surface area contributed by atoms with Gasteiger partial charge in [0.25, 0.3) is 0 Å². The maximum atomic E-state index is 12.4. The first-order chi connectivity index (χ1) is 5.72. The summed E-state index contributed by atoms with van der Waals surface area (Å²) in [4.78, 5) is 9.98. The summed E-state index contributed by atoms with van der Waals surface area (Å²) in [5.74, 6) is -0.723. The molecule has 0 aliphatic carbocycles. The lowest BCUT2D eigenvalue weighted by molar-refractivity contribution is -0.106. The Morgan fingerprint density at radius 2 is 1.92 bits per heavy atom. The quantitative estimate of drug-likeness (QED) is 0.414. The fraction of sp³-hybridized carbons (Fsp3) is 0. The Hall–Kier alpha value is -1.64. The zero-order valence-electron chi connectivity index (χ0n) is 6.20. The van der Waals surface area contributed by atoms with Gasteiger partial charge >= 0.3 is 0 Å². The van der Waals surface area contributed by atoms with E-state index < -0.39 is 0 Å². The molecule has 0 bridgehead atoms. The minimum absolute atomic E-state index is 0.323. The molecule has 0 amide bonds. The number of benzene rings is 1. The van der Waals surface area contributed by atoms with E-state index in [0.29, 0.717) is 11.8 Å². The first-order valence-electron chi connectivity index (χ1n) is 3.34. The number of carbonyl (C=O) groups excluding carboxylic acids is 1. The van der Waals surface area contributed by atoms with Crippen LogP contribution in [-0.4, -0.2) is 11.4 Å². The second-order valence-electron chi connectivity index (χ2n) is 2.24. The van der Waals surface area contributed by atoms with Crippen molar-refractivity contribution >= 4 is 12.4 Å². The number of allylic oxidation sites excluding steroid dienone is 1. The Balaban J connectivity index is 2.91. The molecule has 0 radical (unpaired) electrons. The Kier molecular flexibility index (Phi) is 2.58. The van der Waals surface area contributed by atoms with E-state index in [-0.39, 0.29) is 11.6 Å². The van der Waals surface area contributed by atoms with Gasteiger partial charge in [-0.1, -0.05) is 12.1 Å². The van der Waals surface area contributed by atoms with Gasteiger partial charge in [0.05, 0.1) is 0 Å². The first kappa shape index (κ1) is 8.46. The molecule has 0 aromatic heterocycles. The maximum Gasteiger partial charge on any atom is 0.184 e. The molecule has 1 rings (SSSR count). The van der Waals surface area contributed by atoms with E-state index in [1.54, 1.807) is 0 Å². The molecule has 1 aromatic rings. The average Bonchev–Trinajstić information content (AvgIpc) is 2.09. The summed E-state index contributed by atoms with van der Waals surface area (Å²) >= 11 is 0. The zero-order valence-corrected chi connectivity index (χ0v) is 6.20. The highest BCUT2D eigenvalue weighted by Gasteiger charge is 1.92. The predicted octanol–water partition coefficient (Wildman–Crippen LogP) is 1.92. The molecule has 0 aliphatic heterocycles. The van der Waals surface area contributed by atoms with Gasteiger partial charge in [-0.2, -0.15) is 0 Å². The van der Waals surface area contributed by atoms with Crippen LogP contribution in [0.4, 0.5) is 4.39 Å². The molecule has 0 unspecified atom stereocenters. The van der Waals surface area contributed by atoms with Crippen LogP contribution < -0.4 is 0 Å². The van der Waals surface area contributed by atoms with E-state index in [4.69, 9.17) is 5.11 Å². The van der Waals surface area contributed by atoms with Gasteiger partial charge in [0.1, 0.15) is 5.82 Å². The fourth-order valence-corrected chi connectivity index (χ4v) is 0.764. The molecular formula is C9H7FO2. The number of aldehydes is 1. The Morgan fingerprint density at radius 1 is 1.33 bits per heavy atom. The van der Waals surface area contributed by atoms with Crippen LogP contribution in [0.5, 0.6) is 0 Å². The Bertz CT molecular complexity index is 301. The van der Waals surface area contributed by atoms with Crippen molar-refractivity contribution in [2.24, 2.45) is 0 Å². The molecule has 62 valence electrons. The second-order valence-corrected chi connectivity index (χ2v) is 2.24. The van der Waals surface area contributed by atoms with Crippen molar-refractivity contribution in [2.45, 2.75) is 0 Å². The largest absolute Gasteiger partial charge is 0.505 e. The summed E-state index contributed by atoms with van der Waals surface area (Å²) in [6, 6.07) is 5.44. The Labute approximate surface area is 69.0 Å². The smallest absolute Gasteiger partial charge is 0.184 e. The van der Waals surface area contributed by atoms with E-state index in [1.807, 2.05) is 0 Å². The molecule has 2 nitrogen and oxygen atoms in total. The first-order valence-corrected chi connectivity index (χ1v) is 3.34. The number of hydrogen-bond acceptors (Lipinski definition) is 2. The third-order valence-corrected chi connectivity index (χ3v) is 1.31. The summed E-state index contributed by atoms with van der Waals surface area (Å²) in [7, 11) is 0. The summed E-state index contributed by atoms with van der Waals surface area (Å²) in [5, 5.41) is 8.78. The molecular weight excluding hydrogens is 159 g/mol. The maximum absolute atomic E-state index is 12.4.